The summed E-state index contributed by atoms with van der Waals surface area (Å²) in [6.07, 6.45) is 3.69. The van der Waals surface area contributed by atoms with Crippen LogP contribution in [0.15, 0.2) is 30.6 Å². The molecule has 2 heterocycles. The van der Waals surface area contributed by atoms with Crippen LogP contribution in [0.2, 0.25) is 0 Å². The molecule has 0 bridgehead atoms. The van der Waals surface area contributed by atoms with Crippen molar-refractivity contribution in [1.82, 2.24) is 15.2 Å². The molecule has 2 aromatic heterocycles. The lowest BCUT2D eigenvalue weighted by molar-refractivity contribution is 0.380. The van der Waals surface area contributed by atoms with Crippen LogP contribution in [0.25, 0.3) is 11.3 Å². The molecular formula is C15H21N3. The standard InChI is InChI=1S/C15H21N3/c1-10(2)15(11(3)4)14-7-5-6-13(18-14)12-8-16-17-9-12/h5-11,15H,1-4H3,(H,16,17). The molecule has 0 radical (unpaired) electrons. The summed E-state index contributed by atoms with van der Waals surface area (Å²) in [5, 5.41) is 6.81. The summed E-state index contributed by atoms with van der Waals surface area (Å²) in [6, 6.07) is 6.25. The van der Waals surface area contributed by atoms with Gasteiger partial charge in [0.05, 0.1) is 11.9 Å². The number of rotatable bonds is 4. The molecule has 2 rings (SSSR count). The molecule has 0 saturated heterocycles. The Balaban J connectivity index is 2.37. The number of nitrogens with one attached hydrogen (secondary N) is 1. The van der Waals surface area contributed by atoms with Crippen LogP contribution in [0.1, 0.15) is 39.3 Å². The van der Waals surface area contributed by atoms with Crippen molar-refractivity contribution >= 4 is 0 Å². The van der Waals surface area contributed by atoms with Gasteiger partial charge in [0.2, 0.25) is 0 Å². The zero-order valence-corrected chi connectivity index (χ0v) is 11.5. The van der Waals surface area contributed by atoms with Crippen molar-refractivity contribution < 1.29 is 0 Å². The third kappa shape index (κ3) is 2.61. The molecule has 0 aliphatic rings. The Kier molecular flexibility index (Phi) is 3.80. The van der Waals surface area contributed by atoms with E-state index in [-0.39, 0.29) is 0 Å². The Labute approximate surface area is 109 Å². The molecule has 1 N–H and O–H groups in total. The van der Waals surface area contributed by atoms with Gasteiger partial charge >= 0.3 is 0 Å². The topological polar surface area (TPSA) is 41.6 Å². The maximum Gasteiger partial charge on any atom is 0.0736 e. The Morgan fingerprint density at radius 2 is 1.78 bits per heavy atom. The SMILES string of the molecule is CC(C)C(c1cccc(-c2cn[nH]c2)n1)C(C)C. The van der Waals surface area contributed by atoms with Crippen LogP contribution >= 0.6 is 0 Å². The molecule has 0 spiro atoms. The van der Waals surface area contributed by atoms with E-state index in [4.69, 9.17) is 4.98 Å². The summed E-state index contributed by atoms with van der Waals surface area (Å²) in [5.41, 5.74) is 3.22. The predicted octanol–water partition coefficient (Wildman–Crippen LogP) is 3.87. The highest BCUT2D eigenvalue weighted by molar-refractivity contribution is 5.56. The fourth-order valence-electron chi connectivity index (χ4n) is 2.64. The third-order valence-electron chi connectivity index (χ3n) is 3.34. The van der Waals surface area contributed by atoms with E-state index in [0.717, 1.165) is 11.3 Å². The van der Waals surface area contributed by atoms with Crippen LogP contribution in [-0.2, 0) is 0 Å². The van der Waals surface area contributed by atoms with Crippen LogP contribution in [0.5, 0.6) is 0 Å². The van der Waals surface area contributed by atoms with Crippen molar-refractivity contribution in [2.45, 2.75) is 33.6 Å². The highest BCUT2D eigenvalue weighted by Gasteiger charge is 2.21. The molecule has 0 saturated carbocycles. The van der Waals surface area contributed by atoms with E-state index in [2.05, 4.69) is 50.0 Å². The van der Waals surface area contributed by atoms with Gasteiger partial charge < -0.3 is 0 Å². The van der Waals surface area contributed by atoms with Gasteiger partial charge in [-0.2, -0.15) is 5.10 Å². The minimum Gasteiger partial charge on any atom is -0.285 e. The van der Waals surface area contributed by atoms with Gasteiger partial charge in [-0.15, -0.1) is 0 Å². The van der Waals surface area contributed by atoms with Crippen LogP contribution in [-0.4, -0.2) is 15.2 Å². The molecule has 0 aliphatic heterocycles. The van der Waals surface area contributed by atoms with E-state index in [1.165, 1.54) is 5.69 Å². The maximum atomic E-state index is 4.80. The first kappa shape index (κ1) is 12.8. The quantitative estimate of drug-likeness (QED) is 0.885. The summed E-state index contributed by atoms with van der Waals surface area (Å²) >= 11 is 0. The van der Waals surface area contributed by atoms with Crippen LogP contribution in [0, 0.1) is 11.8 Å². The lowest BCUT2D eigenvalue weighted by Crippen LogP contribution is -2.15. The van der Waals surface area contributed by atoms with Crippen molar-refractivity contribution in [1.29, 1.82) is 0 Å². The molecule has 0 amide bonds. The van der Waals surface area contributed by atoms with Crippen LogP contribution in [0.4, 0.5) is 0 Å². The van der Waals surface area contributed by atoms with E-state index in [1.807, 2.05) is 18.5 Å². The highest BCUT2D eigenvalue weighted by atomic mass is 15.1. The van der Waals surface area contributed by atoms with Crippen molar-refractivity contribution in [3.05, 3.63) is 36.3 Å². The largest absolute Gasteiger partial charge is 0.285 e. The summed E-state index contributed by atoms with van der Waals surface area (Å²) in [5.74, 6) is 1.69. The zero-order valence-electron chi connectivity index (χ0n) is 11.5. The lowest BCUT2D eigenvalue weighted by atomic mass is 9.82. The number of pyridine rings is 1. The first-order valence-electron chi connectivity index (χ1n) is 6.55. The van der Waals surface area contributed by atoms with Gasteiger partial charge in [-0.25, -0.2) is 0 Å². The Hall–Kier alpha value is -1.64. The van der Waals surface area contributed by atoms with E-state index in [0.29, 0.717) is 17.8 Å². The van der Waals surface area contributed by atoms with Crippen molar-refractivity contribution in [2.24, 2.45) is 11.8 Å². The molecule has 3 heteroatoms. The van der Waals surface area contributed by atoms with Gasteiger partial charge in [0.15, 0.2) is 0 Å². The van der Waals surface area contributed by atoms with Crippen molar-refractivity contribution in [2.75, 3.05) is 0 Å². The number of aromatic nitrogens is 3. The molecule has 0 atom stereocenters. The maximum absolute atomic E-state index is 4.80. The van der Waals surface area contributed by atoms with E-state index in [9.17, 15) is 0 Å². The van der Waals surface area contributed by atoms with Gasteiger partial charge in [-0.05, 0) is 24.0 Å². The summed E-state index contributed by atoms with van der Waals surface area (Å²) < 4.78 is 0. The molecule has 18 heavy (non-hydrogen) atoms. The lowest BCUT2D eigenvalue weighted by Gasteiger charge is -2.24. The fraction of sp³-hybridized carbons (Fsp3) is 0.467. The number of hydrogen-bond acceptors (Lipinski definition) is 2. The van der Waals surface area contributed by atoms with E-state index in [1.54, 1.807) is 0 Å². The predicted molar refractivity (Wildman–Crippen MR) is 74.2 cm³/mol. The minimum atomic E-state index is 0.497. The van der Waals surface area contributed by atoms with Crippen molar-refractivity contribution in [3.8, 4) is 11.3 Å². The normalized spacial score (nSPS) is 11.7. The summed E-state index contributed by atoms with van der Waals surface area (Å²) in [4.78, 5) is 4.80. The number of aromatic amines is 1. The fourth-order valence-corrected chi connectivity index (χ4v) is 2.64. The molecule has 2 aromatic rings. The Bertz CT molecular complexity index is 478. The number of nitrogens with zero attached hydrogens (tertiary/aromatic N) is 2. The second kappa shape index (κ2) is 5.34. The molecule has 0 unspecified atom stereocenters. The average Bonchev–Trinajstić information content (AvgIpc) is 2.81. The summed E-state index contributed by atoms with van der Waals surface area (Å²) in [7, 11) is 0. The number of hydrogen-bond donors (Lipinski definition) is 1. The Morgan fingerprint density at radius 3 is 2.33 bits per heavy atom. The van der Waals surface area contributed by atoms with E-state index < -0.39 is 0 Å². The summed E-state index contributed by atoms with van der Waals surface area (Å²) in [6.45, 7) is 9.04. The molecule has 96 valence electrons. The number of H-pyrrole nitrogens is 1. The van der Waals surface area contributed by atoms with E-state index >= 15 is 0 Å². The Morgan fingerprint density at radius 1 is 1.06 bits per heavy atom. The first-order chi connectivity index (χ1) is 8.59. The molecule has 3 nitrogen and oxygen atoms in total. The van der Waals surface area contributed by atoms with Gasteiger partial charge in [0, 0.05) is 23.4 Å². The van der Waals surface area contributed by atoms with Gasteiger partial charge in [-0.1, -0.05) is 33.8 Å². The van der Waals surface area contributed by atoms with Gasteiger partial charge in [0.1, 0.15) is 0 Å². The average molecular weight is 243 g/mol. The third-order valence-corrected chi connectivity index (χ3v) is 3.34. The second-order valence-electron chi connectivity index (χ2n) is 5.45. The smallest absolute Gasteiger partial charge is 0.0736 e. The monoisotopic (exact) mass is 243 g/mol. The second-order valence-corrected chi connectivity index (χ2v) is 5.45. The van der Waals surface area contributed by atoms with Crippen LogP contribution < -0.4 is 0 Å². The molecular weight excluding hydrogens is 222 g/mol. The zero-order chi connectivity index (χ0) is 13.1. The minimum absolute atomic E-state index is 0.497. The molecule has 0 fully saturated rings. The van der Waals surface area contributed by atoms with Crippen molar-refractivity contribution in [3.63, 3.8) is 0 Å². The van der Waals surface area contributed by atoms with Crippen LogP contribution in [0.3, 0.4) is 0 Å². The first-order valence-corrected chi connectivity index (χ1v) is 6.55. The van der Waals surface area contributed by atoms with Gasteiger partial charge in [0.25, 0.3) is 0 Å². The highest BCUT2D eigenvalue weighted by Crippen LogP contribution is 2.31. The van der Waals surface area contributed by atoms with Gasteiger partial charge in [-0.3, -0.25) is 10.1 Å². The molecule has 0 aliphatic carbocycles. The molecule has 0 aromatic carbocycles.